The molecule has 0 amide bonds. The molecular formula is C16H23ClO3. The van der Waals surface area contributed by atoms with Crippen LogP contribution in [0.3, 0.4) is 0 Å². The van der Waals surface area contributed by atoms with Crippen molar-refractivity contribution in [3.8, 4) is 11.5 Å². The Morgan fingerprint density at radius 3 is 2.50 bits per heavy atom. The van der Waals surface area contributed by atoms with Gasteiger partial charge in [-0.25, -0.2) is 0 Å². The van der Waals surface area contributed by atoms with Crippen LogP contribution < -0.4 is 9.47 Å². The number of rotatable bonds is 10. The molecule has 0 N–H and O–H groups in total. The number of benzene rings is 1. The van der Waals surface area contributed by atoms with Gasteiger partial charge in [-0.2, -0.15) is 0 Å². The molecule has 3 nitrogen and oxygen atoms in total. The molecule has 1 aromatic rings. The lowest BCUT2D eigenvalue weighted by Gasteiger charge is -2.12. The molecule has 0 saturated heterocycles. The fourth-order valence-electron chi connectivity index (χ4n) is 2.00. The Hall–Kier alpha value is -1.22. The van der Waals surface area contributed by atoms with Crippen LogP contribution in [0, 0.1) is 0 Å². The summed E-state index contributed by atoms with van der Waals surface area (Å²) in [5.41, 5.74) is 0.485. The van der Waals surface area contributed by atoms with E-state index < -0.39 is 0 Å². The van der Waals surface area contributed by atoms with Gasteiger partial charge in [0.25, 0.3) is 0 Å². The molecule has 20 heavy (non-hydrogen) atoms. The number of carbonyl (C=O) groups is 1. The van der Waals surface area contributed by atoms with Crippen molar-refractivity contribution in [2.75, 3.05) is 13.7 Å². The van der Waals surface area contributed by atoms with E-state index in [0.29, 0.717) is 28.7 Å². The number of hydrogen-bond donors (Lipinski definition) is 0. The van der Waals surface area contributed by atoms with Crippen LogP contribution in [0.25, 0.3) is 0 Å². The minimum Gasteiger partial charge on any atom is -0.493 e. The van der Waals surface area contributed by atoms with Crippen molar-refractivity contribution >= 4 is 17.9 Å². The van der Waals surface area contributed by atoms with Crippen LogP contribution >= 0.6 is 11.6 Å². The van der Waals surface area contributed by atoms with E-state index >= 15 is 0 Å². The van der Waals surface area contributed by atoms with E-state index in [4.69, 9.17) is 21.1 Å². The van der Waals surface area contributed by atoms with E-state index in [1.807, 2.05) is 0 Å². The molecule has 0 atom stereocenters. The highest BCUT2D eigenvalue weighted by Gasteiger charge is 2.11. The average molecular weight is 299 g/mol. The fraction of sp³-hybridized carbons (Fsp3) is 0.562. The highest BCUT2D eigenvalue weighted by atomic mass is 35.5. The fourth-order valence-corrected chi connectivity index (χ4v) is 2.28. The first-order valence-corrected chi connectivity index (χ1v) is 7.56. The van der Waals surface area contributed by atoms with Crippen LogP contribution in [-0.4, -0.2) is 20.0 Å². The molecule has 1 rings (SSSR count). The zero-order valence-electron chi connectivity index (χ0n) is 12.3. The molecule has 0 aliphatic rings. The number of hydrogen-bond acceptors (Lipinski definition) is 3. The van der Waals surface area contributed by atoms with Crippen molar-refractivity contribution in [3.05, 3.63) is 22.7 Å². The smallest absolute Gasteiger partial charge is 0.179 e. The highest BCUT2D eigenvalue weighted by molar-refractivity contribution is 6.32. The SMILES string of the molecule is CCCCCCCCOc1c(Cl)cc(C=O)cc1OC. The van der Waals surface area contributed by atoms with Gasteiger partial charge in [-0.15, -0.1) is 0 Å². The third-order valence-electron chi connectivity index (χ3n) is 3.13. The van der Waals surface area contributed by atoms with Gasteiger partial charge in [0.1, 0.15) is 6.29 Å². The van der Waals surface area contributed by atoms with Crippen molar-refractivity contribution in [2.24, 2.45) is 0 Å². The van der Waals surface area contributed by atoms with Crippen LogP contribution in [0.4, 0.5) is 0 Å². The molecule has 0 bridgehead atoms. The average Bonchev–Trinajstić information content (AvgIpc) is 2.47. The second kappa shape index (κ2) is 9.65. The van der Waals surface area contributed by atoms with Gasteiger partial charge in [-0.3, -0.25) is 4.79 Å². The van der Waals surface area contributed by atoms with Gasteiger partial charge in [0.2, 0.25) is 0 Å². The lowest BCUT2D eigenvalue weighted by molar-refractivity contribution is 0.112. The Morgan fingerprint density at radius 2 is 1.85 bits per heavy atom. The van der Waals surface area contributed by atoms with Crippen molar-refractivity contribution in [2.45, 2.75) is 45.4 Å². The second-order valence-electron chi connectivity index (χ2n) is 4.77. The summed E-state index contributed by atoms with van der Waals surface area (Å²) in [6.07, 6.45) is 7.98. The summed E-state index contributed by atoms with van der Waals surface area (Å²) >= 11 is 6.11. The van der Waals surface area contributed by atoms with Gasteiger partial charge in [-0.05, 0) is 18.6 Å². The van der Waals surface area contributed by atoms with E-state index in [9.17, 15) is 4.79 Å². The first kappa shape index (κ1) is 16.8. The Kier molecular flexibility index (Phi) is 8.12. The minimum atomic E-state index is 0.414. The number of ether oxygens (including phenoxy) is 2. The molecule has 0 aliphatic carbocycles. The molecule has 0 unspecified atom stereocenters. The molecule has 0 aliphatic heterocycles. The van der Waals surface area contributed by atoms with Gasteiger partial charge >= 0.3 is 0 Å². The minimum absolute atomic E-state index is 0.414. The van der Waals surface area contributed by atoms with Crippen LogP contribution in [0.1, 0.15) is 55.8 Å². The number of carbonyl (C=O) groups excluding carboxylic acids is 1. The Morgan fingerprint density at radius 1 is 1.15 bits per heavy atom. The summed E-state index contributed by atoms with van der Waals surface area (Å²) in [5.74, 6) is 1.03. The zero-order chi connectivity index (χ0) is 14.8. The summed E-state index contributed by atoms with van der Waals surface area (Å²) in [5, 5.41) is 0.414. The summed E-state index contributed by atoms with van der Waals surface area (Å²) < 4.78 is 10.9. The normalized spacial score (nSPS) is 10.3. The molecule has 0 saturated carbocycles. The third kappa shape index (κ3) is 5.41. The van der Waals surface area contributed by atoms with Gasteiger partial charge in [-0.1, -0.05) is 50.6 Å². The molecular weight excluding hydrogens is 276 g/mol. The van der Waals surface area contributed by atoms with E-state index in [-0.39, 0.29) is 0 Å². The number of unbranched alkanes of at least 4 members (excludes halogenated alkanes) is 5. The standard InChI is InChI=1S/C16H23ClO3/c1-3-4-5-6-7-8-9-20-16-14(17)10-13(12-18)11-15(16)19-2/h10-12H,3-9H2,1-2H3. The topological polar surface area (TPSA) is 35.5 Å². The van der Waals surface area contributed by atoms with Crippen LogP contribution in [0.15, 0.2) is 12.1 Å². The van der Waals surface area contributed by atoms with Gasteiger partial charge in [0.15, 0.2) is 11.5 Å². The number of aldehydes is 1. The summed E-state index contributed by atoms with van der Waals surface area (Å²) in [6.45, 7) is 2.82. The van der Waals surface area contributed by atoms with Gasteiger partial charge < -0.3 is 9.47 Å². The Balaban J connectivity index is 2.45. The van der Waals surface area contributed by atoms with Gasteiger partial charge in [0, 0.05) is 5.56 Å². The molecule has 0 radical (unpaired) electrons. The monoisotopic (exact) mass is 298 g/mol. The lowest BCUT2D eigenvalue weighted by Crippen LogP contribution is -2.01. The zero-order valence-corrected chi connectivity index (χ0v) is 13.0. The predicted molar refractivity (Wildman–Crippen MR) is 82.3 cm³/mol. The van der Waals surface area contributed by atoms with E-state index in [2.05, 4.69) is 6.92 Å². The summed E-state index contributed by atoms with van der Waals surface area (Å²) in [7, 11) is 1.54. The first-order chi connectivity index (χ1) is 9.72. The van der Waals surface area contributed by atoms with Crippen LogP contribution in [0.2, 0.25) is 5.02 Å². The largest absolute Gasteiger partial charge is 0.493 e. The van der Waals surface area contributed by atoms with Crippen molar-refractivity contribution in [1.82, 2.24) is 0 Å². The molecule has 112 valence electrons. The molecule has 0 heterocycles. The van der Waals surface area contributed by atoms with Crippen LogP contribution in [-0.2, 0) is 0 Å². The highest BCUT2D eigenvalue weighted by Crippen LogP contribution is 2.36. The Labute approximate surface area is 126 Å². The molecule has 0 fully saturated rings. The summed E-state index contributed by atoms with van der Waals surface area (Å²) in [6, 6.07) is 3.23. The van der Waals surface area contributed by atoms with E-state index in [1.54, 1.807) is 12.1 Å². The third-order valence-corrected chi connectivity index (χ3v) is 3.41. The number of halogens is 1. The second-order valence-corrected chi connectivity index (χ2v) is 5.18. The molecule has 4 heteroatoms. The maximum Gasteiger partial charge on any atom is 0.179 e. The lowest BCUT2D eigenvalue weighted by atomic mass is 10.1. The van der Waals surface area contributed by atoms with Gasteiger partial charge in [0.05, 0.1) is 18.7 Å². The maximum absolute atomic E-state index is 10.8. The molecule has 1 aromatic carbocycles. The van der Waals surface area contributed by atoms with Crippen molar-refractivity contribution < 1.29 is 14.3 Å². The van der Waals surface area contributed by atoms with Crippen molar-refractivity contribution in [1.29, 1.82) is 0 Å². The maximum atomic E-state index is 10.8. The molecule has 0 aromatic heterocycles. The van der Waals surface area contributed by atoms with E-state index in [1.165, 1.54) is 32.8 Å². The number of methoxy groups -OCH3 is 1. The van der Waals surface area contributed by atoms with Crippen molar-refractivity contribution in [3.63, 3.8) is 0 Å². The molecule has 0 spiro atoms. The Bertz CT molecular complexity index is 418. The summed E-state index contributed by atoms with van der Waals surface area (Å²) in [4.78, 5) is 10.8. The van der Waals surface area contributed by atoms with E-state index in [0.717, 1.165) is 19.1 Å². The predicted octanol–water partition coefficient (Wildman–Crippen LogP) is 4.90. The first-order valence-electron chi connectivity index (χ1n) is 7.18. The van der Waals surface area contributed by atoms with Crippen LogP contribution in [0.5, 0.6) is 11.5 Å². The quantitative estimate of drug-likeness (QED) is 0.455.